The average Bonchev–Trinajstić information content (AvgIpc) is 2.60. The standard InChI is InChI=1S/C14H24N2O3/c1-11(2)9-15-13(19)16-10-14(12(17)18)7-5-3-4-6-8-14/h1,3-10H2,2H3,(H,17,18)(H2,15,16,19). The molecule has 1 saturated carbocycles. The second-order valence-corrected chi connectivity index (χ2v) is 5.49. The quantitative estimate of drug-likeness (QED) is 0.529. The van der Waals surface area contributed by atoms with Crippen molar-refractivity contribution in [3.8, 4) is 0 Å². The minimum atomic E-state index is -0.797. The number of carbonyl (C=O) groups excluding carboxylic acids is 1. The molecule has 1 fully saturated rings. The van der Waals surface area contributed by atoms with Crippen LogP contribution in [0, 0.1) is 5.41 Å². The molecule has 0 radical (unpaired) electrons. The Kier molecular flexibility index (Phi) is 5.86. The molecule has 0 spiro atoms. The topological polar surface area (TPSA) is 78.4 Å². The molecule has 0 heterocycles. The van der Waals surface area contributed by atoms with Crippen molar-refractivity contribution >= 4 is 12.0 Å². The van der Waals surface area contributed by atoms with Crippen molar-refractivity contribution in [3.63, 3.8) is 0 Å². The summed E-state index contributed by atoms with van der Waals surface area (Å²) in [6, 6.07) is -0.326. The summed E-state index contributed by atoms with van der Waals surface area (Å²) in [5.41, 5.74) is 0.0643. The molecule has 19 heavy (non-hydrogen) atoms. The normalized spacial score (nSPS) is 18.2. The van der Waals surface area contributed by atoms with Gasteiger partial charge in [0.2, 0.25) is 0 Å². The number of carbonyl (C=O) groups is 2. The maximum atomic E-state index is 11.6. The predicted molar refractivity (Wildman–Crippen MR) is 74.0 cm³/mol. The van der Waals surface area contributed by atoms with Crippen LogP contribution in [0.15, 0.2) is 12.2 Å². The van der Waals surface area contributed by atoms with Crippen LogP contribution in [0.4, 0.5) is 4.79 Å². The Bertz CT molecular complexity index is 345. The summed E-state index contributed by atoms with van der Waals surface area (Å²) in [6.07, 6.45) is 5.28. The van der Waals surface area contributed by atoms with Crippen LogP contribution in [0.1, 0.15) is 45.4 Å². The molecule has 1 aliphatic rings. The third-order valence-corrected chi connectivity index (χ3v) is 3.65. The lowest BCUT2D eigenvalue weighted by molar-refractivity contribution is -0.149. The summed E-state index contributed by atoms with van der Waals surface area (Å²) >= 11 is 0. The average molecular weight is 268 g/mol. The Balaban J connectivity index is 2.51. The Morgan fingerprint density at radius 2 is 1.74 bits per heavy atom. The van der Waals surface area contributed by atoms with Crippen LogP contribution in [0.3, 0.4) is 0 Å². The smallest absolute Gasteiger partial charge is 0.315 e. The van der Waals surface area contributed by atoms with Crippen LogP contribution in [-0.2, 0) is 4.79 Å². The van der Waals surface area contributed by atoms with Crippen molar-refractivity contribution in [1.29, 1.82) is 0 Å². The van der Waals surface area contributed by atoms with Crippen molar-refractivity contribution < 1.29 is 14.7 Å². The molecular formula is C14H24N2O3. The van der Waals surface area contributed by atoms with E-state index in [0.29, 0.717) is 19.4 Å². The highest BCUT2D eigenvalue weighted by molar-refractivity contribution is 5.78. The summed E-state index contributed by atoms with van der Waals surface area (Å²) in [7, 11) is 0. The van der Waals surface area contributed by atoms with Gasteiger partial charge >= 0.3 is 12.0 Å². The number of urea groups is 1. The Labute approximate surface area is 114 Å². The van der Waals surface area contributed by atoms with Crippen LogP contribution in [0.25, 0.3) is 0 Å². The van der Waals surface area contributed by atoms with Gasteiger partial charge in [-0.2, -0.15) is 0 Å². The van der Waals surface area contributed by atoms with Gasteiger partial charge in [-0.05, 0) is 19.8 Å². The second-order valence-electron chi connectivity index (χ2n) is 5.49. The van der Waals surface area contributed by atoms with Gasteiger partial charge in [-0.1, -0.05) is 37.8 Å². The first-order valence-electron chi connectivity index (χ1n) is 6.86. The third kappa shape index (κ3) is 4.93. The van der Waals surface area contributed by atoms with E-state index in [-0.39, 0.29) is 12.6 Å². The molecule has 5 heteroatoms. The molecule has 0 bridgehead atoms. The van der Waals surface area contributed by atoms with Crippen molar-refractivity contribution in [2.24, 2.45) is 5.41 Å². The second kappa shape index (κ2) is 7.16. The number of hydrogen-bond donors (Lipinski definition) is 3. The molecule has 0 unspecified atom stereocenters. The zero-order chi connectivity index (χ0) is 14.3. The first kappa shape index (κ1) is 15.5. The SMILES string of the molecule is C=C(C)CNC(=O)NCC1(C(=O)O)CCCCCC1. The first-order chi connectivity index (χ1) is 8.96. The highest BCUT2D eigenvalue weighted by atomic mass is 16.4. The van der Waals surface area contributed by atoms with E-state index < -0.39 is 11.4 Å². The van der Waals surface area contributed by atoms with E-state index in [1.165, 1.54) is 0 Å². The molecule has 1 aliphatic carbocycles. The van der Waals surface area contributed by atoms with Gasteiger partial charge in [-0.25, -0.2) is 4.79 Å². The van der Waals surface area contributed by atoms with E-state index in [1.54, 1.807) is 0 Å². The maximum absolute atomic E-state index is 11.6. The van der Waals surface area contributed by atoms with E-state index >= 15 is 0 Å². The molecule has 0 aromatic rings. The van der Waals surface area contributed by atoms with Crippen molar-refractivity contribution in [2.75, 3.05) is 13.1 Å². The Hall–Kier alpha value is -1.52. The predicted octanol–water partition coefficient (Wildman–Crippen LogP) is 2.29. The molecule has 0 aromatic heterocycles. The molecular weight excluding hydrogens is 244 g/mol. The number of carboxylic acid groups (broad SMARTS) is 1. The number of amides is 2. The fourth-order valence-electron chi connectivity index (χ4n) is 2.41. The van der Waals surface area contributed by atoms with E-state index in [9.17, 15) is 14.7 Å². The van der Waals surface area contributed by atoms with Gasteiger partial charge in [-0.15, -0.1) is 0 Å². The summed E-state index contributed by atoms with van der Waals surface area (Å²) in [5.74, 6) is -0.797. The molecule has 0 aliphatic heterocycles. The lowest BCUT2D eigenvalue weighted by atomic mass is 9.80. The molecule has 1 rings (SSSR count). The molecule has 5 nitrogen and oxygen atoms in total. The summed E-state index contributed by atoms with van der Waals surface area (Å²) in [6.45, 7) is 6.13. The molecule has 0 aromatic carbocycles. The summed E-state index contributed by atoms with van der Waals surface area (Å²) < 4.78 is 0. The molecule has 108 valence electrons. The zero-order valence-corrected chi connectivity index (χ0v) is 11.6. The fourth-order valence-corrected chi connectivity index (χ4v) is 2.41. The Morgan fingerprint density at radius 1 is 1.16 bits per heavy atom. The number of rotatable bonds is 5. The van der Waals surface area contributed by atoms with Gasteiger partial charge in [0.05, 0.1) is 5.41 Å². The lowest BCUT2D eigenvalue weighted by Crippen LogP contribution is -2.46. The highest BCUT2D eigenvalue weighted by Crippen LogP contribution is 2.34. The van der Waals surface area contributed by atoms with Gasteiger partial charge in [0.15, 0.2) is 0 Å². The van der Waals surface area contributed by atoms with E-state index in [1.807, 2.05) is 6.92 Å². The highest BCUT2D eigenvalue weighted by Gasteiger charge is 2.38. The molecule has 3 N–H and O–H groups in total. The fraction of sp³-hybridized carbons (Fsp3) is 0.714. The van der Waals surface area contributed by atoms with Crippen molar-refractivity contribution in [1.82, 2.24) is 10.6 Å². The number of aliphatic carboxylic acids is 1. The maximum Gasteiger partial charge on any atom is 0.315 e. The first-order valence-corrected chi connectivity index (χ1v) is 6.86. The molecule has 2 amide bonds. The van der Waals surface area contributed by atoms with Gasteiger partial charge in [0.25, 0.3) is 0 Å². The lowest BCUT2D eigenvalue weighted by Gasteiger charge is -2.28. The van der Waals surface area contributed by atoms with Crippen molar-refractivity contribution in [3.05, 3.63) is 12.2 Å². The minimum Gasteiger partial charge on any atom is -0.481 e. The van der Waals surface area contributed by atoms with Crippen LogP contribution in [-0.4, -0.2) is 30.2 Å². The van der Waals surface area contributed by atoms with Crippen LogP contribution < -0.4 is 10.6 Å². The van der Waals surface area contributed by atoms with Crippen LogP contribution in [0.2, 0.25) is 0 Å². The minimum absolute atomic E-state index is 0.199. The van der Waals surface area contributed by atoms with Gasteiger partial charge in [-0.3, -0.25) is 4.79 Å². The largest absolute Gasteiger partial charge is 0.481 e. The van der Waals surface area contributed by atoms with E-state index in [0.717, 1.165) is 31.3 Å². The van der Waals surface area contributed by atoms with Gasteiger partial charge in [0.1, 0.15) is 0 Å². The molecule has 0 saturated heterocycles. The third-order valence-electron chi connectivity index (χ3n) is 3.65. The van der Waals surface area contributed by atoms with Crippen molar-refractivity contribution in [2.45, 2.75) is 45.4 Å². The van der Waals surface area contributed by atoms with Gasteiger partial charge < -0.3 is 15.7 Å². The zero-order valence-electron chi connectivity index (χ0n) is 11.6. The summed E-state index contributed by atoms with van der Waals surface area (Å²) in [5, 5.41) is 14.8. The van der Waals surface area contributed by atoms with E-state index in [2.05, 4.69) is 17.2 Å². The molecule has 0 atom stereocenters. The van der Waals surface area contributed by atoms with Crippen LogP contribution >= 0.6 is 0 Å². The van der Waals surface area contributed by atoms with E-state index in [4.69, 9.17) is 0 Å². The number of carboxylic acids is 1. The number of nitrogens with one attached hydrogen (secondary N) is 2. The Morgan fingerprint density at radius 3 is 2.21 bits per heavy atom. The monoisotopic (exact) mass is 268 g/mol. The van der Waals surface area contributed by atoms with Gasteiger partial charge in [0, 0.05) is 13.1 Å². The number of hydrogen-bond acceptors (Lipinski definition) is 2. The van der Waals surface area contributed by atoms with Crippen LogP contribution in [0.5, 0.6) is 0 Å². The summed E-state index contributed by atoms with van der Waals surface area (Å²) in [4.78, 5) is 23.1.